The number of likely N-dealkylation sites (tertiary alicyclic amines) is 2. The summed E-state index contributed by atoms with van der Waals surface area (Å²) in [5.41, 5.74) is -0.547. The molecule has 0 radical (unpaired) electrons. The number of fused-ring (bicyclic) bond motifs is 1. The maximum atomic E-state index is 13.0. The molecule has 4 rings (SSSR count). The molecule has 8 nitrogen and oxygen atoms in total. The molecule has 1 aromatic carbocycles. The fourth-order valence-electron chi connectivity index (χ4n) is 4.41. The molecule has 0 spiro atoms. The highest BCUT2D eigenvalue weighted by Gasteiger charge is 2.36. The van der Waals surface area contributed by atoms with Gasteiger partial charge in [-0.05, 0) is 31.4 Å². The van der Waals surface area contributed by atoms with Crippen molar-refractivity contribution in [3.63, 3.8) is 0 Å². The van der Waals surface area contributed by atoms with Crippen LogP contribution in [-0.2, 0) is 22.6 Å². The zero-order valence-electron chi connectivity index (χ0n) is 17.3. The van der Waals surface area contributed by atoms with Gasteiger partial charge in [-0.1, -0.05) is 19.1 Å². The molecule has 0 unspecified atom stereocenters. The van der Waals surface area contributed by atoms with Gasteiger partial charge in [0, 0.05) is 32.5 Å². The number of para-hydroxylation sites is 1. The molecule has 1 N–H and O–H groups in total. The first-order valence-corrected chi connectivity index (χ1v) is 10.7. The summed E-state index contributed by atoms with van der Waals surface area (Å²) in [4.78, 5) is 45.3. The first-order valence-electron chi connectivity index (χ1n) is 10.7. The first kappa shape index (κ1) is 20.5. The Morgan fingerprint density at radius 1 is 1.17 bits per heavy atom. The van der Waals surface area contributed by atoms with Crippen LogP contribution < -0.4 is 5.56 Å². The lowest BCUT2D eigenvalue weighted by molar-refractivity contribution is -0.141. The second-order valence-electron chi connectivity index (χ2n) is 8.31. The van der Waals surface area contributed by atoms with Crippen LogP contribution in [0.1, 0.15) is 38.4 Å². The molecule has 8 heteroatoms. The van der Waals surface area contributed by atoms with Crippen molar-refractivity contribution in [2.24, 2.45) is 0 Å². The molecule has 2 aliphatic rings. The SMILES string of the molecule is CCc1nc2ccccc2c(=O)n1CC1(O)CCN(C(=O)CN2CCCC2=O)CC1. The minimum absolute atomic E-state index is 0.0344. The molecule has 2 fully saturated rings. The van der Waals surface area contributed by atoms with Gasteiger partial charge in [-0.25, -0.2) is 4.98 Å². The van der Waals surface area contributed by atoms with Gasteiger partial charge in [-0.15, -0.1) is 0 Å². The van der Waals surface area contributed by atoms with Crippen LogP contribution in [0.4, 0.5) is 0 Å². The van der Waals surface area contributed by atoms with Gasteiger partial charge in [0.15, 0.2) is 0 Å². The smallest absolute Gasteiger partial charge is 0.261 e. The maximum Gasteiger partial charge on any atom is 0.261 e. The third-order valence-corrected chi connectivity index (χ3v) is 6.25. The molecular formula is C22H28N4O4. The summed E-state index contributed by atoms with van der Waals surface area (Å²) in [5.74, 6) is 0.608. The van der Waals surface area contributed by atoms with Crippen LogP contribution in [0, 0.1) is 0 Å². The molecule has 0 aliphatic carbocycles. The lowest BCUT2D eigenvalue weighted by Crippen LogP contribution is -2.52. The van der Waals surface area contributed by atoms with E-state index in [1.165, 1.54) is 0 Å². The Balaban J connectivity index is 1.46. The number of piperidine rings is 1. The summed E-state index contributed by atoms with van der Waals surface area (Å²) in [7, 11) is 0. The number of aliphatic hydroxyl groups is 1. The first-order chi connectivity index (χ1) is 14.4. The maximum absolute atomic E-state index is 13.0. The second kappa shape index (κ2) is 8.18. The predicted molar refractivity (Wildman–Crippen MR) is 112 cm³/mol. The van der Waals surface area contributed by atoms with E-state index in [1.54, 1.807) is 20.4 Å². The third-order valence-electron chi connectivity index (χ3n) is 6.25. The van der Waals surface area contributed by atoms with Gasteiger partial charge in [0.2, 0.25) is 11.8 Å². The molecule has 3 heterocycles. The Hall–Kier alpha value is -2.74. The average molecular weight is 412 g/mol. The van der Waals surface area contributed by atoms with Gasteiger partial charge in [-0.2, -0.15) is 0 Å². The second-order valence-corrected chi connectivity index (χ2v) is 8.31. The highest BCUT2D eigenvalue weighted by atomic mass is 16.3. The van der Waals surface area contributed by atoms with Crippen LogP contribution in [0.25, 0.3) is 10.9 Å². The van der Waals surface area contributed by atoms with E-state index in [2.05, 4.69) is 4.98 Å². The van der Waals surface area contributed by atoms with Gasteiger partial charge in [0.25, 0.3) is 5.56 Å². The molecule has 2 amide bonds. The molecule has 30 heavy (non-hydrogen) atoms. The quantitative estimate of drug-likeness (QED) is 0.788. The highest BCUT2D eigenvalue weighted by molar-refractivity contribution is 5.86. The lowest BCUT2D eigenvalue weighted by atomic mass is 9.91. The average Bonchev–Trinajstić information content (AvgIpc) is 3.14. The van der Waals surface area contributed by atoms with Crippen molar-refractivity contribution in [1.82, 2.24) is 19.4 Å². The van der Waals surface area contributed by atoms with Crippen LogP contribution in [0.2, 0.25) is 0 Å². The predicted octanol–water partition coefficient (Wildman–Crippen LogP) is 0.935. The van der Waals surface area contributed by atoms with Crippen molar-refractivity contribution >= 4 is 22.7 Å². The molecule has 2 saturated heterocycles. The van der Waals surface area contributed by atoms with Crippen molar-refractivity contribution < 1.29 is 14.7 Å². The molecule has 2 aliphatic heterocycles. The van der Waals surface area contributed by atoms with E-state index in [1.807, 2.05) is 25.1 Å². The molecule has 0 saturated carbocycles. The summed E-state index contributed by atoms with van der Waals surface area (Å²) in [6, 6.07) is 7.25. The fourth-order valence-corrected chi connectivity index (χ4v) is 4.41. The Morgan fingerprint density at radius 2 is 1.90 bits per heavy atom. The standard InChI is InChI=1S/C22H28N4O4/c1-2-18-23-17-7-4-3-6-16(17)21(29)26(18)15-22(30)9-12-24(13-10-22)20(28)14-25-11-5-8-19(25)27/h3-4,6-7,30H,2,5,8-15H2,1H3. The van der Waals surface area contributed by atoms with Gasteiger partial charge in [0.1, 0.15) is 5.82 Å². The van der Waals surface area contributed by atoms with Crippen molar-refractivity contribution in [3.05, 3.63) is 40.4 Å². The van der Waals surface area contributed by atoms with Crippen LogP contribution >= 0.6 is 0 Å². The van der Waals surface area contributed by atoms with Crippen molar-refractivity contribution in [3.8, 4) is 0 Å². The van der Waals surface area contributed by atoms with E-state index in [0.29, 0.717) is 62.0 Å². The zero-order chi connectivity index (χ0) is 21.3. The molecule has 0 bridgehead atoms. The number of carbonyl (C=O) groups excluding carboxylic acids is 2. The Kier molecular flexibility index (Phi) is 5.60. The molecule has 1 aromatic heterocycles. The number of nitrogens with zero attached hydrogens (tertiary/aromatic N) is 4. The highest BCUT2D eigenvalue weighted by Crippen LogP contribution is 2.25. The molecule has 160 valence electrons. The van der Waals surface area contributed by atoms with Crippen molar-refractivity contribution in [2.45, 2.75) is 51.2 Å². The van der Waals surface area contributed by atoms with E-state index in [4.69, 9.17) is 0 Å². The van der Waals surface area contributed by atoms with E-state index >= 15 is 0 Å². The van der Waals surface area contributed by atoms with E-state index in [-0.39, 0.29) is 30.5 Å². The van der Waals surface area contributed by atoms with Crippen molar-refractivity contribution in [2.75, 3.05) is 26.2 Å². The minimum Gasteiger partial charge on any atom is -0.388 e. The summed E-state index contributed by atoms with van der Waals surface area (Å²) >= 11 is 0. The number of aryl methyl sites for hydroxylation is 1. The van der Waals surface area contributed by atoms with Gasteiger partial charge < -0.3 is 14.9 Å². The lowest BCUT2D eigenvalue weighted by Gasteiger charge is -2.39. The third kappa shape index (κ3) is 3.96. The van der Waals surface area contributed by atoms with Crippen LogP contribution in [-0.4, -0.2) is 68.1 Å². The number of hydrogen-bond donors (Lipinski definition) is 1. The number of rotatable bonds is 5. The molecular weight excluding hydrogens is 384 g/mol. The van der Waals surface area contributed by atoms with Gasteiger partial charge in [-0.3, -0.25) is 19.0 Å². The zero-order valence-corrected chi connectivity index (χ0v) is 17.3. The van der Waals surface area contributed by atoms with Crippen molar-refractivity contribution in [1.29, 1.82) is 0 Å². The monoisotopic (exact) mass is 412 g/mol. The van der Waals surface area contributed by atoms with Crippen LogP contribution in [0.5, 0.6) is 0 Å². The number of amides is 2. The summed E-state index contributed by atoms with van der Waals surface area (Å²) in [6.45, 7) is 3.69. The molecule has 0 atom stereocenters. The number of benzene rings is 1. The van der Waals surface area contributed by atoms with E-state index in [9.17, 15) is 19.5 Å². The number of carbonyl (C=O) groups is 2. The largest absolute Gasteiger partial charge is 0.388 e. The number of hydrogen-bond acceptors (Lipinski definition) is 5. The van der Waals surface area contributed by atoms with E-state index < -0.39 is 5.60 Å². The summed E-state index contributed by atoms with van der Waals surface area (Å²) in [6.07, 6.45) is 2.68. The minimum atomic E-state index is -1.07. The number of aromatic nitrogens is 2. The van der Waals surface area contributed by atoms with Crippen LogP contribution in [0.3, 0.4) is 0 Å². The topological polar surface area (TPSA) is 95.7 Å². The summed E-state index contributed by atoms with van der Waals surface area (Å²) in [5, 5.41) is 11.7. The fraction of sp³-hybridized carbons (Fsp3) is 0.545. The Morgan fingerprint density at radius 3 is 2.57 bits per heavy atom. The van der Waals surface area contributed by atoms with Gasteiger partial charge in [0.05, 0.1) is 29.6 Å². The van der Waals surface area contributed by atoms with Gasteiger partial charge >= 0.3 is 0 Å². The van der Waals surface area contributed by atoms with E-state index in [0.717, 1.165) is 6.42 Å². The van der Waals surface area contributed by atoms with Crippen LogP contribution in [0.15, 0.2) is 29.1 Å². The Bertz CT molecular complexity index is 1020. The Labute approximate surface area is 175 Å². The normalized spacial score (nSPS) is 18.9. The molecule has 2 aromatic rings. The summed E-state index contributed by atoms with van der Waals surface area (Å²) < 4.78 is 1.59.